The van der Waals surface area contributed by atoms with E-state index in [1.165, 1.54) is 24.0 Å². The second-order valence-corrected chi connectivity index (χ2v) is 6.80. The highest BCUT2D eigenvalue weighted by Gasteiger charge is 2.41. The van der Waals surface area contributed by atoms with E-state index in [4.69, 9.17) is 11.6 Å². The second kappa shape index (κ2) is 8.01. The van der Waals surface area contributed by atoms with Crippen LogP contribution in [0.3, 0.4) is 0 Å². The number of carbonyl (C=O) groups excluding carboxylic acids is 1. The molecule has 2 rings (SSSR count). The molecule has 1 aromatic rings. The van der Waals surface area contributed by atoms with E-state index >= 15 is 0 Å². The van der Waals surface area contributed by atoms with Gasteiger partial charge in [-0.05, 0) is 31.5 Å². The van der Waals surface area contributed by atoms with E-state index in [0.29, 0.717) is 25.2 Å². The van der Waals surface area contributed by atoms with Crippen LogP contribution in [-0.2, 0) is 4.79 Å². The first-order chi connectivity index (χ1) is 11.6. The molecule has 1 aromatic carbocycles. The lowest BCUT2D eigenvalue weighted by atomic mass is 9.94. The minimum Gasteiger partial charge on any atom is -0.300 e. The van der Waals surface area contributed by atoms with Crippen molar-refractivity contribution in [3.05, 3.63) is 34.6 Å². The van der Waals surface area contributed by atoms with Gasteiger partial charge in [0.2, 0.25) is 0 Å². The van der Waals surface area contributed by atoms with Crippen LogP contribution in [0.2, 0.25) is 5.02 Å². The maximum atomic E-state index is 13.7. The first-order valence-electron chi connectivity index (χ1n) is 8.08. The number of benzene rings is 1. The van der Waals surface area contributed by atoms with Crippen LogP contribution in [0.1, 0.15) is 25.3 Å². The summed E-state index contributed by atoms with van der Waals surface area (Å²) in [6, 6.07) is 2.78. The fraction of sp³-hybridized carbons (Fsp3) is 0.588. The third kappa shape index (κ3) is 5.15. The summed E-state index contributed by atoms with van der Waals surface area (Å²) < 4.78 is 52.0. The molecule has 2 atom stereocenters. The molecule has 1 heterocycles. The van der Waals surface area contributed by atoms with E-state index in [0.717, 1.165) is 6.92 Å². The summed E-state index contributed by atoms with van der Waals surface area (Å²) in [5.41, 5.74) is 0.528. The quantitative estimate of drug-likeness (QED) is 0.727. The van der Waals surface area contributed by atoms with Gasteiger partial charge in [0.25, 0.3) is 0 Å². The fourth-order valence-corrected chi connectivity index (χ4v) is 3.11. The van der Waals surface area contributed by atoms with Gasteiger partial charge in [0.1, 0.15) is 17.6 Å². The Hall–Kier alpha value is -1.18. The summed E-state index contributed by atoms with van der Waals surface area (Å²) in [5, 5.41) is -0.0131. The molecule has 25 heavy (non-hydrogen) atoms. The third-order valence-electron chi connectivity index (χ3n) is 4.71. The third-order valence-corrected chi connectivity index (χ3v) is 5.01. The molecule has 1 saturated heterocycles. The molecular weight excluding hydrogens is 360 g/mol. The molecule has 0 bridgehead atoms. The summed E-state index contributed by atoms with van der Waals surface area (Å²) in [6.45, 7) is 4.36. The van der Waals surface area contributed by atoms with Crippen LogP contribution in [-0.4, -0.2) is 60.5 Å². The highest BCUT2D eigenvalue weighted by Crippen LogP contribution is 2.27. The van der Waals surface area contributed by atoms with Crippen LogP contribution in [0.15, 0.2) is 18.2 Å². The minimum atomic E-state index is -4.25. The maximum absolute atomic E-state index is 13.7. The van der Waals surface area contributed by atoms with Crippen molar-refractivity contribution in [1.29, 1.82) is 0 Å². The average Bonchev–Trinajstić information content (AvgIpc) is 2.54. The van der Waals surface area contributed by atoms with Crippen LogP contribution >= 0.6 is 11.6 Å². The fourth-order valence-electron chi connectivity index (χ4n) is 3.00. The predicted octanol–water partition coefficient (Wildman–Crippen LogP) is 3.72. The van der Waals surface area contributed by atoms with Crippen molar-refractivity contribution >= 4 is 17.4 Å². The zero-order valence-electron chi connectivity index (χ0n) is 14.1. The van der Waals surface area contributed by atoms with Crippen molar-refractivity contribution < 1.29 is 22.4 Å². The Balaban J connectivity index is 2.00. The van der Waals surface area contributed by atoms with Crippen molar-refractivity contribution in [3.8, 4) is 0 Å². The summed E-state index contributed by atoms with van der Waals surface area (Å²) in [5.74, 6) is -1.24. The highest BCUT2D eigenvalue weighted by atomic mass is 35.5. The average molecular weight is 381 g/mol. The second-order valence-electron chi connectivity index (χ2n) is 6.39. The Bertz CT molecular complexity index is 615. The van der Waals surface area contributed by atoms with Gasteiger partial charge >= 0.3 is 6.18 Å². The Morgan fingerprint density at radius 1 is 1.24 bits per heavy atom. The molecule has 140 valence electrons. The SMILES string of the molecule is CC(=O)[C@H](CN1CCN(C(C)C(F)(F)F)CC1)c1ccc(Cl)c(F)c1. The number of hydrogen-bond donors (Lipinski definition) is 0. The number of Topliss-reactive ketones (excluding diaryl/α,β-unsaturated/α-hetero) is 1. The standard InChI is InChI=1S/C17H21ClF4N2O/c1-11(25)14(13-3-4-15(18)16(19)9-13)10-23-5-7-24(8-6-23)12(2)17(20,21)22/h3-4,9,12,14H,5-8,10H2,1-2H3/t12?,14-/m0/s1. The molecule has 1 aliphatic heterocycles. The first-order valence-corrected chi connectivity index (χ1v) is 8.46. The largest absolute Gasteiger partial charge is 0.403 e. The molecular formula is C17H21ClF4N2O. The molecule has 0 N–H and O–H groups in total. The van der Waals surface area contributed by atoms with Crippen molar-refractivity contribution in [2.24, 2.45) is 0 Å². The summed E-state index contributed by atoms with van der Waals surface area (Å²) in [6.07, 6.45) is -4.25. The summed E-state index contributed by atoms with van der Waals surface area (Å²) >= 11 is 5.67. The zero-order valence-corrected chi connectivity index (χ0v) is 14.9. The first kappa shape index (κ1) is 20.1. The van der Waals surface area contributed by atoms with Crippen LogP contribution in [0.5, 0.6) is 0 Å². The van der Waals surface area contributed by atoms with E-state index in [-0.39, 0.29) is 23.9 Å². The van der Waals surface area contributed by atoms with E-state index in [1.54, 1.807) is 6.07 Å². The predicted molar refractivity (Wildman–Crippen MR) is 88.4 cm³/mol. The smallest absolute Gasteiger partial charge is 0.300 e. The molecule has 0 radical (unpaired) electrons. The molecule has 0 aliphatic carbocycles. The highest BCUT2D eigenvalue weighted by molar-refractivity contribution is 6.30. The number of rotatable bonds is 5. The lowest BCUT2D eigenvalue weighted by Gasteiger charge is -2.39. The van der Waals surface area contributed by atoms with Crippen LogP contribution in [0.25, 0.3) is 0 Å². The molecule has 0 aromatic heterocycles. The van der Waals surface area contributed by atoms with E-state index in [1.807, 2.05) is 4.90 Å². The molecule has 3 nitrogen and oxygen atoms in total. The van der Waals surface area contributed by atoms with Crippen molar-refractivity contribution in [2.75, 3.05) is 32.7 Å². The number of halogens is 5. The van der Waals surface area contributed by atoms with Gasteiger partial charge in [-0.2, -0.15) is 13.2 Å². The molecule has 1 aliphatic rings. The van der Waals surface area contributed by atoms with Gasteiger partial charge in [0, 0.05) is 32.7 Å². The Morgan fingerprint density at radius 3 is 2.32 bits per heavy atom. The van der Waals surface area contributed by atoms with E-state index in [9.17, 15) is 22.4 Å². The lowest BCUT2D eigenvalue weighted by molar-refractivity contribution is -0.182. The minimum absolute atomic E-state index is 0.0131. The molecule has 0 saturated carbocycles. The number of carbonyl (C=O) groups is 1. The summed E-state index contributed by atoms with van der Waals surface area (Å²) in [7, 11) is 0. The molecule has 8 heteroatoms. The van der Waals surface area contributed by atoms with Gasteiger partial charge in [-0.15, -0.1) is 0 Å². The van der Waals surface area contributed by atoms with Crippen LogP contribution < -0.4 is 0 Å². The van der Waals surface area contributed by atoms with Crippen molar-refractivity contribution in [2.45, 2.75) is 32.0 Å². The number of nitrogens with zero attached hydrogens (tertiary/aromatic N) is 2. The van der Waals surface area contributed by atoms with Gasteiger partial charge in [0.05, 0.1) is 10.9 Å². The van der Waals surface area contributed by atoms with Gasteiger partial charge in [0.15, 0.2) is 0 Å². The van der Waals surface area contributed by atoms with E-state index in [2.05, 4.69) is 0 Å². The van der Waals surface area contributed by atoms with Crippen LogP contribution in [0, 0.1) is 5.82 Å². The van der Waals surface area contributed by atoms with Gasteiger partial charge in [-0.1, -0.05) is 17.7 Å². The number of hydrogen-bond acceptors (Lipinski definition) is 3. The van der Waals surface area contributed by atoms with Crippen molar-refractivity contribution in [3.63, 3.8) is 0 Å². The number of piperazine rings is 1. The Kier molecular flexibility index (Phi) is 6.45. The topological polar surface area (TPSA) is 23.6 Å². The Labute approximate surface area is 149 Å². The monoisotopic (exact) mass is 380 g/mol. The lowest BCUT2D eigenvalue weighted by Crippen LogP contribution is -2.54. The molecule has 1 unspecified atom stereocenters. The molecule has 0 amide bonds. The van der Waals surface area contributed by atoms with Crippen molar-refractivity contribution in [1.82, 2.24) is 9.80 Å². The number of alkyl halides is 3. The normalized spacial score (nSPS) is 19.6. The van der Waals surface area contributed by atoms with Crippen LogP contribution in [0.4, 0.5) is 17.6 Å². The van der Waals surface area contributed by atoms with Gasteiger partial charge in [-0.3, -0.25) is 14.6 Å². The zero-order chi connectivity index (χ0) is 18.8. The summed E-state index contributed by atoms with van der Waals surface area (Å²) in [4.78, 5) is 15.3. The van der Waals surface area contributed by atoms with Gasteiger partial charge in [-0.25, -0.2) is 4.39 Å². The molecule has 0 spiro atoms. The Morgan fingerprint density at radius 2 is 1.84 bits per heavy atom. The number of ketones is 1. The molecule has 1 fully saturated rings. The van der Waals surface area contributed by atoms with E-state index < -0.39 is 24.0 Å². The van der Waals surface area contributed by atoms with Gasteiger partial charge < -0.3 is 0 Å². The maximum Gasteiger partial charge on any atom is 0.403 e.